The SMILES string of the molecule is O=C1[C@@H]2[C@@H]3O[C@@H](C[C@H]3c3ccccc3)[C@@H]2C(=O)N1c1ccccc1. The standard InChI is InChI=1S/C20H17NO3/c22-19-16-15-11-14(12-7-3-1-4-8-12)18(24-15)17(16)20(23)21(19)13-9-5-2-6-10-13/h1-10,14-18H,11H2/t14-,15-,16-,17-,18+/m0/s1. The predicted molar refractivity (Wildman–Crippen MR) is 88.4 cm³/mol. The number of carbonyl (C=O) groups is 2. The van der Waals surface area contributed by atoms with Crippen molar-refractivity contribution in [3.63, 3.8) is 0 Å². The van der Waals surface area contributed by atoms with Crippen molar-refractivity contribution >= 4 is 17.5 Å². The molecule has 5 atom stereocenters. The molecule has 2 amide bonds. The normalized spacial score (nSPS) is 34.0. The van der Waals surface area contributed by atoms with E-state index in [4.69, 9.17) is 4.74 Å². The summed E-state index contributed by atoms with van der Waals surface area (Å²) in [7, 11) is 0. The van der Waals surface area contributed by atoms with E-state index in [1.165, 1.54) is 10.5 Å². The van der Waals surface area contributed by atoms with Crippen LogP contribution in [0.1, 0.15) is 17.9 Å². The number of carbonyl (C=O) groups excluding carboxylic acids is 2. The van der Waals surface area contributed by atoms with Crippen LogP contribution in [0.4, 0.5) is 5.69 Å². The molecule has 3 fully saturated rings. The van der Waals surface area contributed by atoms with Gasteiger partial charge in [-0.15, -0.1) is 0 Å². The quantitative estimate of drug-likeness (QED) is 0.800. The fraction of sp³-hybridized carbons (Fsp3) is 0.300. The summed E-state index contributed by atoms with van der Waals surface area (Å²) in [5.41, 5.74) is 1.86. The molecule has 120 valence electrons. The van der Waals surface area contributed by atoms with Crippen molar-refractivity contribution in [1.29, 1.82) is 0 Å². The van der Waals surface area contributed by atoms with Crippen LogP contribution in [0.25, 0.3) is 0 Å². The summed E-state index contributed by atoms with van der Waals surface area (Å²) >= 11 is 0. The number of hydrogen-bond acceptors (Lipinski definition) is 3. The van der Waals surface area contributed by atoms with E-state index in [9.17, 15) is 9.59 Å². The molecule has 4 heteroatoms. The molecule has 0 aromatic heterocycles. The van der Waals surface area contributed by atoms with E-state index in [1.54, 1.807) is 0 Å². The van der Waals surface area contributed by atoms with Gasteiger partial charge in [0.15, 0.2) is 0 Å². The van der Waals surface area contributed by atoms with Gasteiger partial charge in [0.2, 0.25) is 11.8 Å². The molecule has 4 nitrogen and oxygen atoms in total. The third kappa shape index (κ3) is 1.77. The van der Waals surface area contributed by atoms with Crippen molar-refractivity contribution in [2.45, 2.75) is 24.5 Å². The zero-order valence-corrected chi connectivity index (χ0v) is 13.0. The van der Waals surface area contributed by atoms with Crippen molar-refractivity contribution in [2.24, 2.45) is 11.8 Å². The van der Waals surface area contributed by atoms with Crippen molar-refractivity contribution in [3.05, 3.63) is 66.2 Å². The highest BCUT2D eigenvalue weighted by Gasteiger charge is 2.65. The summed E-state index contributed by atoms with van der Waals surface area (Å²) in [5, 5.41) is 0. The van der Waals surface area contributed by atoms with Gasteiger partial charge in [-0.3, -0.25) is 9.59 Å². The summed E-state index contributed by atoms with van der Waals surface area (Å²) in [6, 6.07) is 19.4. The number of para-hydroxylation sites is 1. The van der Waals surface area contributed by atoms with Crippen LogP contribution in [0.5, 0.6) is 0 Å². The van der Waals surface area contributed by atoms with Crippen molar-refractivity contribution < 1.29 is 14.3 Å². The lowest BCUT2D eigenvalue weighted by Crippen LogP contribution is -2.35. The first-order chi connectivity index (χ1) is 11.8. The molecule has 0 spiro atoms. The molecular weight excluding hydrogens is 302 g/mol. The topological polar surface area (TPSA) is 46.6 Å². The lowest BCUT2D eigenvalue weighted by molar-refractivity contribution is -0.124. The van der Waals surface area contributed by atoms with Gasteiger partial charge in [0.1, 0.15) is 0 Å². The molecule has 5 rings (SSSR count). The Labute approximate surface area is 140 Å². The summed E-state index contributed by atoms with van der Waals surface area (Å²) in [6.07, 6.45) is 0.486. The number of fused-ring (bicyclic) bond motifs is 5. The molecule has 0 aliphatic carbocycles. The average molecular weight is 319 g/mol. The van der Waals surface area contributed by atoms with Crippen LogP contribution >= 0.6 is 0 Å². The van der Waals surface area contributed by atoms with Gasteiger partial charge in [-0.05, 0) is 24.1 Å². The van der Waals surface area contributed by atoms with Gasteiger partial charge in [0.05, 0.1) is 29.7 Å². The summed E-state index contributed by atoms with van der Waals surface area (Å²) in [5.74, 6) is -0.672. The Morgan fingerprint density at radius 1 is 0.833 bits per heavy atom. The maximum Gasteiger partial charge on any atom is 0.240 e. The molecule has 3 aliphatic rings. The number of imide groups is 1. The van der Waals surface area contributed by atoms with Crippen LogP contribution in [-0.4, -0.2) is 24.0 Å². The lowest BCUT2D eigenvalue weighted by Gasteiger charge is -2.25. The first-order valence-electron chi connectivity index (χ1n) is 8.39. The van der Waals surface area contributed by atoms with Crippen LogP contribution in [0, 0.1) is 11.8 Å². The van der Waals surface area contributed by atoms with Crippen molar-refractivity contribution in [1.82, 2.24) is 0 Å². The molecule has 3 heterocycles. The number of amides is 2. The highest BCUT2D eigenvalue weighted by molar-refractivity contribution is 6.22. The molecule has 2 bridgehead atoms. The minimum absolute atomic E-state index is 0.102. The van der Waals surface area contributed by atoms with E-state index in [2.05, 4.69) is 12.1 Å². The molecule has 0 radical (unpaired) electrons. The van der Waals surface area contributed by atoms with Gasteiger partial charge in [0.25, 0.3) is 0 Å². The molecule has 3 aliphatic heterocycles. The molecule has 3 saturated heterocycles. The average Bonchev–Trinajstić information content (AvgIpc) is 3.28. The monoisotopic (exact) mass is 319 g/mol. The first-order valence-corrected chi connectivity index (χ1v) is 8.39. The lowest BCUT2D eigenvalue weighted by atomic mass is 9.73. The van der Waals surface area contributed by atoms with Crippen LogP contribution in [0.2, 0.25) is 0 Å². The van der Waals surface area contributed by atoms with Crippen LogP contribution < -0.4 is 4.90 Å². The van der Waals surface area contributed by atoms with Gasteiger partial charge < -0.3 is 4.74 Å². The summed E-state index contributed by atoms with van der Waals surface area (Å²) < 4.78 is 6.06. The predicted octanol–water partition coefficient (Wildman–Crippen LogP) is 2.75. The molecule has 0 unspecified atom stereocenters. The van der Waals surface area contributed by atoms with Gasteiger partial charge in [0, 0.05) is 5.92 Å². The fourth-order valence-electron chi connectivity index (χ4n) is 4.61. The van der Waals surface area contributed by atoms with E-state index >= 15 is 0 Å². The Morgan fingerprint density at radius 2 is 1.46 bits per heavy atom. The second-order valence-corrected chi connectivity index (χ2v) is 6.79. The maximum atomic E-state index is 13.0. The third-order valence-corrected chi connectivity index (χ3v) is 5.61. The van der Waals surface area contributed by atoms with Crippen LogP contribution in [0.3, 0.4) is 0 Å². The van der Waals surface area contributed by atoms with E-state index in [0.29, 0.717) is 5.69 Å². The summed E-state index contributed by atoms with van der Waals surface area (Å²) in [6.45, 7) is 0. The molecule has 0 saturated carbocycles. The minimum Gasteiger partial charge on any atom is -0.373 e. The van der Waals surface area contributed by atoms with Crippen molar-refractivity contribution in [2.75, 3.05) is 4.90 Å². The van der Waals surface area contributed by atoms with Crippen LogP contribution in [0.15, 0.2) is 60.7 Å². The third-order valence-electron chi connectivity index (χ3n) is 5.61. The van der Waals surface area contributed by atoms with Gasteiger partial charge in [-0.2, -0.15) is 0 Å². The maximum absolute atomic E-state index is 13.0. The fourth-order valence-corrected chi connectivity index (χ4v) is 4.61. The molecule has 2 aromatic rings. The number of ether oxygens (including phenoxy) is 1. The Kier molecular flexibility index (Phi) is 2.91. The molecule has 0 N–H and O–H groups in total. The second-order valence-electron chi connectivity index (χ2n) is 6.79. The largest absolute Gasteiger partial charge is 0.373 e. The number of hydrogen-bond donors (Lipinski definition) is 0. The Morgan fingerprint density at radius 3 is 2.17 bits per heavy atom. The number of nitrogens with zero attached hydrogens (tertiary/aromatic N) is 1. The molecular formula is C20H17NO3. The Balaban J connectivity index is 1.50. The van der Waals surface area contributed by atoms with Crippen LogP contribution in [-0.2, 0) is 14.3 Å². The highest BCUT2D eigenvalue weighted by Crippen LogP contribution is 2.54. The Hall–Kier alpha value is -2.46. The van der Waals surface area contributed by atoms with Crippen molar-refractivity contribution in [3.8, 4) is 0 Å². The van der Waals surface area contributed by atoms with E-state index in [0.717, 1.165) is 6.42 Å². The smallest absolute Gasteiger partial charge is 0.240 e. The first kappa shape index (κ1) is 13.9. The summed E-state index contributed by atoms with van der Waals surface area (Å²) in [4.78, 5) is 27.2. The second kappa shape index (κ2) is 5.02. The highest BCUT2D eigenvalue weighted by atomic mass is 16.5. The zero-order valence-electron chi connectivity index (χ0n) is 13.0. The van der Waals surface area contributed by atoms with E-state index in [1.807, 2.05) is 48.5 Å². The molecule has 24 heavy (non-hydrogen) atoms. The van der Waals surface area contributed by atoms with E-state index < -0.39 is 0 Å². The van der Waals surface area contributed by atoms with Gasteiger partial charge >= 0.3 is 0 Å². The Bertz CT molecular complexity index is 804. The molecule has 2 aromatic carbocycles. The number of anilines is 1. The number of rotatable bonds is 2. The zero-order chi connectivity index (χ0) is 16.3. The van der Waals surface area contributed by atoms with Gasteiger partial charge in [-0.1, -0.05) is 48.5 Å². The van der Waals surface area contributed by atoms with Gasteiger partial charge in [-0.25, -0.2) is 4.90 Å². The number of benzene rings is 2. The van der Waals surface area contributed by atoms with E-state index in [-0.39, 0.29) is 41.8 Å². The minimum atomic E-state index is -0.346.